The molecule has 160 valence electrons. The second-order valence-electron chi connectivity index (χ2n) is 7.89. The minimum Gasteiger partial charge on any atom is -0.507 e. The number of phenolic OH excluding ortho intramolecular Hbond substituents is 1. The summed E-state index contributed by atoms with van der Waals surface area (Å²) in [5.41, 5.74) is 4.28. The smallest absolute Gasteiger partial charge is 0.139 e. The fourth-order valence-electron chi connectivity index (χ4n) is 3.95. The highest BCUT2D eigenvalue weighted by Crippen LogP contribution is 2.36. The number of likely N-dealkylation sites (N-methyl/N-ethyl adjacent to an activating group) is 1. The summed E-state index contributed by atoms with van der Waals surface area (Å²) in [5.74, 6) is 0.754. The third kappa shape index (κ3) is 3.93. The maximum Gasteiger partial charge on any atom is 0.139 e. The van der Waals surface area contributed by atoms with Crippen LogP contribution in [0.15, 0.2) is 23.2 Å². The lowest BCUT2D eigenvalue weighted by Gasteiger charge is -2.34. The van der Waals surface area contributed by atoms with Crippen molar-refractivity contribution in [2.45, 2.75) is 25.1 Å². The molecule has 2 aliphatic rings. The van der Waals surface area contributed by atoms with Crippen molar-refractivity contribution >= 4 is 41.4 Å². The van der Waals surface area contributed by atoms with Crippen LogP contribution in [0.25, 0.3) is 0 Å². The molecule has 2 N–H and O–H groups in total. The lowest BCUT2D eigenvalue weighted by Crippen LogP contribution is -2.46. The first-order chi connectivity index (χ1) is 14.4. The average Bonchev–Trinajstić information content (AvgIpc) is 3.04. The molecule has 1 aromatic heterocycles. The van der Waals surface area contributed by atoms with Crippen molar-refractivity contribution in [1.82, 2.24) is 24.9 Å². The highest BCUT2D eigenvalue weighted by molar-refractivity contribution is 7.80. The molecule has 1 atom stereocenters. The van der Waals surface area contributed by atoms with Crippen molar-refractivity contribution < 1.29 is 5.11 Å². The van der Waals surface area contributed by atoms with Gasteiger partial charge in [-0.3, -0.25) is 4.68 Å². The number of hydrogen-bond donors (Lipinski definition) is 3. The Hall–Kier alpha value is -2.10. The molecule has 2 aliphatic heterocycles. The Bertz CT molecular complexity index is 994. The van der Waals surface area contributed by atoms with Crippen molar-refractivity contribution in [3.63, 3.8) is 0 Å². The first kappa shape index (κ1) is 21.1. The Kier molecular flexibility index (Phi) is 6.04. The van der Waals surface area contributed by atoms with Crippen molar-refractivity contribution in [2.75, 3.05) is 33.2 Å². The number of thiocarbonyl (C=S) groups is 1. The summed E-state index contributed by atoms with van der Waals surface area (Å²) in [6.45, 7) is 5.92. The van der Waals surface area contributed by atoms with E-state index >= 15 is 0 Å². The number of nitrogens with one attached hydrogen (secondary N) is 1. The molecule has 7 nitrogen and oxygen atoms in total. The standard InChI is InChI=1S/C21H28N6OS2/c1-4-5-15-17-18(26(3)24-15)20(29)23-19(22-17)14-12-13(6-7-16(14)28)21(30)27-10-8-25(2)9-11-27/h6-7,12,20,28-29H,4-5,8-11H2,1-3H3,(H,22,23). The number of aryl methyl sites for hydroxylation is 2. The van der Waals surface area contributed by atoms with Crippen LogP contribution in [0.4, 0.5) is 5.69 Å². The van der Waals surface area contributed by atoms with Gasteiger partial charge in [0.15, 0.2) is 0 Å². The number of aromatic hydroxyl groups is 1. The number of nitrogens with zero attached hydrogens (tertiary/aromatic N) is 5. The van der Waals surface area contributed by atoms with E-state index in [4.69, 9.17) is 29.8 Å². The third-order valence-electron chi connectivity index (χ3n) is 5.67. The van der Waals surface area contributed by atoms with Crippen LogP contribution in [0.1, 0.15) is 41.2 Å². The van der Waals surface area contributed by atoms with Gasteiger partial charge in [-0.05, 0) is 31.7 Å². The molecule has 0 bridgehead atoms. The maximum atomic E-state index is 10.6. The predicted molar refractivity (Wildman–Crippen MR) is 127 cm³/mol. The van der Waals surface area contributed by atoms with E-state index < -0.39 is 0 Å². The molecule has 9 heteroatoms. The first-order valence-electron chi connectivity index (χ1n) is 10.3. The second kappa shape index (κ2) is 8.56. The van der Waals surface area contributed by atoms with Crippen molar-refractivity contribution in [1.29, 1.82) is 0 Å². The van der Waals surface area contributed by atoms with Crippen LogP contribution < -0.4 is 5.32 Å². The van der Waals surface area contributed by atoms with E-state index in [0.717, 1.165) is 66.6 Å². The number of aromatic nitrogens is 2. The molecule has 0 amide bonds. The number of rotatable bonds is 4. The Morgan fingerprint density at radius 3 is 2.70 bits per heavy atom. The molecule has 3 heterocycles. The van der Waals surface area contributed by atoms with Crippen LogP contribution in [0.5, 0.6) is 5.75 Å². The fourth-order valence-corrected chi connectivity index (χ4v) is 4.67. The van der Waals surface area contributed by atoms with Crippen LogP contribution in [0.2, 0.25) is 0 Å². The van der Waals surface area contributed by atoms with E-state index in [0.29, 0.717) is 11.4 Å². The van der Waals surface area contributed by atoms with E-state index in [1.807, 2.05) is 23.9 Å². The van der Waals surface area contributed by atoms with Gasteiger partial charge >= 0.3 is 0 Å². The number of piperazine rings is 1. The van der Waals surface area contributed by atoms with Gasteiger partial charge in [0.05, 0.1) is 17.0 Å². The molecule has 0 spiro atoms. The molecule has 1 saturated heterocycles. The number of phenols is 1. The molecule has 0 radical (unpaired) electrons. The van der Waals surface area contributed by atoms with Gasteiger partial charge in [0.1, 0.15) is 27.6 Å². The van der Waals surface area contributed by atoms with E-state index in [2.05, 4.69) is 34.2 Å². The van der Waals surface area contributed by atoms with Crippen LogP contribution in [-0.4, -0.2) is 68.7 Å². The van der Waals surface area contributed by atoms with E-state index in [-0.39, 0.29) is 11.1 Å². The molecule has 1 fully saturated rings. The molecule has 30 heavy (non-hydrogen) atoms. The lowest BCUT2D eigenvalue weighted by atomic mass is 10.1. The number of aliphatic imine (C=N–C) groups is 1. The number of fused-ring (bicyclic) bond motifs is 1. The Morgan fingerprint density at radius 1 is 1.27 bits per heavy atom. The normalized spacial score (nSPS) is 19.3. The summed E-state index contributed by atoms with van der Waals surface area (Å²) >= 11 is 10.5. The van der Waals surface area contributed by atoms with Crippen LogP contribution >= 0.6 is 24.8 Å². The SMILES string of the molecule is CCCc1nn(C)c2c1N=C(c1cc(C(=S)N3CCN(C)CC3)ccc1O)NC2S. The number of benzene rings is 1. The molecule has 4 rings (SSSR count). The van der Waals surface area contributed by atoms with Crippen molar-refractivity contribution in [2.24, 2.45) is 12.0 Å². The minimum absolute atomic E-state index is 0.163. The van der Waals surface area contributed by atoms with Gasteiger partial charge in [0.2, 0.25) is 0 Å². The Morgan fingerprint density at radius 2 is 2.00 bits per heavy atom. The van der Waals surface area contributed by atoms with Gasteiger partial charge in [-0.15, -0.1) is 12.6 Å². The second-order valence-corrected chi connectivity index (χ2v) is 8.79. The van der Waals surface area contributed by atoms with E-state index in [9.17, 15) is 5.11 Å². The summed E-state index contributed by atoms with van der Waals surface area (Å²) in [7, 11) is 4.04. The minimum atomic E-state index is -0.261. The molecule has 0 aliphatic carbocycles. The van der Waals surface area contributed by atoms with Crippen molar-refractivity contribution in [3.05, 3.63) is 40.7 Å². The summed E-state index contributed by atoms with van der Waals surface area (Å²) in [5, 5.41) is 18.3. The predicted octanol–water partition coefficient (Wildman–Crippen LogP) is 2.61. The van der Waals surface area contributed by atoms with Crippen LogP contribution in [-0.2, 0) is 13.5 Å². The summed E-state index contributed by atoms with van der Waals surface area (Å²) < 4.78 is 1.84. The lowest BCUT2D eigenvalue weighted by molar-refractivity contribution is 0.218. The zero-order chi connectivity index (χ0) is 21.4. The maximum absolute atomic E-state index is 10.6. The quantitative estimate of drug-likeness (QED) is 0.498. The average molecular weight is 445 g/mol. The molecule has 2 aromatic rings. The fraction of sp³-hybridized carbons (Fsp3) is 0.476. The Balaban J connectivity index is 1.69. The highest BCUT2D eigenvalue weighted by Gasteiger charge is 2.28. The number of hydrogen-bond acceptors (Lipinski definition) is 7. The zero-order valence-electron chi connectivity index (χ0n) is 17.6. The van der Waals surface area contributed by atoms with Gasteiger partial charge < -0.3 is 20.2 Å². The highest BCUT2D eigenvalue weighted by atomic mass is 32.1. The van der Waals surface area contributed by atoms with Crippen LogP contribution in [0, 0.1) is 0 Å². The molecular weight excluding hydrogens is 416 g/mol. The van der Waals surface area contributed by atoms with Crippen molar-refractivity contribution in [3.8, 4) is 5.75 Å². The van der Waals surface area contributed by atoms with Crippen LogP contribution in [0.3, 0.4) is 0 Å². The van der Waals surface area contributed by atoms with Gasteiger partial charge in [-0.2, -0.15) is 5.10 Å². The number of amidine groups is 1. The summed E-state index contributed by atoms with van der Waals surface area (Å²) in [6, 6.07) is 5.48. The molecule has 1 aromatic carbocycles. The molecular formula is C21H28N6OS2. The van der Waals surface area contributed by atoms with Gasteiger partial charge in [0, 0.05) is 38.8 Å². The summed E-state index contributed by atoms with van der Waals surface area (Å²) in [6.07, 6.45) is 1.83. The monoisotopic (exact) mass is 444 g/mol. The Labute approximate surface area is 188 Å². The zero-order valence-corrected chi connectivity index (χ0v) is 19.3. The molecule has 1 unspecified atom stereocenters. The molecule has 0 saturated carbocycles. The first-order valence-corrected chi connectivity index (χ1v) is 11.2. The van der Waals surface area contributed by atoms with Gasteiger partial charge in [-0.1, -0.05) is 25.6 Å². The number of thiol groups is 1. The summed E-state index contributed by atoms with van der Waals surface area (Å²) in [4.78, 5) is 10.2. The topological polar surface area (TPSA) is 68.9 Å². The van der Waals surface area contributed by atoms with Gasteiger partial charge in [0.25, 0.3) is 0 Å². The third-order valence-corrected chi connectivity index (χ3v) is 6.53. The largest absolute Gasteiger partial charge is 0.507 e. The van der Waals surface area contributed by atoms with E-state index in [1.54, 1.807) is 6.07 Å². The van der Waals surface area contributed by atoms with Gasteiger partial charge in [-0.25, -0.2) is 4.99 Å². The van der Waals surface area contributed by atoms with E-state index in [1.165, 1.54) is 0 Å².